The molecule has 0 saturated carbocycles. The Bertz CT molecular complexity index is 961. The van der Waals surface area contributed by atoms with Gasteiger partial charge in [0.05, 0.1) is 6.04 Å². The van der Waals surface area contributed by atoms with Crippen LogP contribution in [0.4, 0.5) is 0 Å². The average molecular weight is 484 g/mol. The summed E-state index contributed by atoms with van der Waals surface area (Å²) in [6.07, 6.45) is 0.635. The molecule has 35 heavy (non-hydrogen) atoms. The first-order valence-electron chi connectivity index (χ1n) is 11.9. The maximum Gasteiger partial charge on any atom is 0.329 e. The number of nitrogens with one attached hydrogen (secondary N) is 2. The Morgan fingerprint density at radius 1 is 0.886 bits per heavy atom. The third-order valence-corrected chi connectivity index (χ3v) is 5.51. The van der Waals surface area contributed by atoms with E-state index >= 15 is 0 Å². The van der Waals surface area contributed by atoms with E-state index < -0.39 is 35.9 Å². The molecule has 2 aromatic carbocycles. The van der Waals surface area contributed by atoms with Crippen LogP contribution in [0.25, 0.3) is 0 Å². The van der Waals surface area contributed by atoms with Crippen molar-refractivity contribution >= 4 is 17.8 Å². The molecule has 0 heterocycles. The molecule has 0 fully saturated rings. The zero-order valence-electron chi connectivity index (χ0n) is 20.9. The summed E-state index contributed by atoms with van der Waals surface area (Å²) >= 11 is 0. The number of carbonyl (C=O) groups is 3. The second kappa shape index (κ2) is 13.5. The van der Waals surface area contributed by atoms with Gasteiger partial charge in [0.15, 0.2) is 0 Å². The fraction of sp³-hybridized carbons (Fsp3) is 0.444. The van der Waals surface area contributed by atoms with Crippen LogP contribution in [0, 0.1) is 11.8 Å². The van der Waals surface area contributed by atoms with Gasteiger partial charge >= 0.3 is 5.97 Å². The van der Waals surface area contributed by atoms with Gasteiger partial charge in [-0.15, -0.1) is 0 Å². The van der Waals surface area contributed by atoms with E-state index in [1.807, 2.05) is 44.2 Å². The zero-order valence-corrected chi connectivity index (χ0v) is 20.9. The lowest BCUT2D eigenvalue weighted by atomic mass is 10.00. The van der Waals surface area contributed by atoms with E-state index in [9.17, 15) is 19.5 Å². The minimum atomic E-state index is -0.964. The Hall–Kier alpha value is -3.39. The second-order valence-corrected chi connectivity index (χ2v) is 9.49. The normalized spacial score (nSPS) is 13.7. The molecule has 5 N–H and O–H groups in total. The molecule has 0 aliphatic rings. The Balaban J connectivity index is 2.14. The van der Waals surface area contributed by atoms with E-state index in [-0.39, 0.29) is 30.6 Å². The highest BCUT2D eigenvalue weighted by molar-refractivity contribution is 5.92. The third kappa shape index (κ3) is 9.41. The molecule has 0 unspecified atom stereocenters. The van der Waals surface area contributed by atoms with Gasteiger partial charge in [-0.25, -0.2) is 4.79 Å². The van der Waals surface area contributed by atoms with Crippen molar-refractivity contribution in [1.29, 1.82) is 0 Å². The predicted octanol–water partition coefficient (Wildman–Crippen LogP) is 2.68. The number of carbonyl (C=O) groups excluding carboxylic acids is 3. The summed E-state index contributed by atoms with van der Waals surface area (Å²) in [5.41, 5.74) is 7.59. The van der Waals surface area contributed by atoms with Crippen molar-refractivity contribution in [2.45, 2.75) is 65.3 Å². The standard InChI is InChI=1S/C27H37N3O5/c1-17(2)14-22(28)25(32)29-23(15-19-10-12-21(31)13-11-19)26(33)30-24(18(3)4)27(34)35-16-20-8-6-5-7-9-20/h5-13,17-18,22-24,31H,14-16,28H2,1-4H3,(H,29,32)(H,30,33)/t22-,23-,24-/m0/s1. The fourth-order valence-electron chi connectivity index (χ4n) is 3.54. The molecule has 0 spiro atoms. The number of aromatic hydroxyl groups is 1. The molecular weight excluding hydrogens is 446 g/mol. The quantitative estimate of drug-likeness (QED) is 0.343. The van der Waals surface area contributed by atoms with Gasteiger partial charge in [0.1, 0.15) is 24.4 Å². The summed E-state index contributed by atoms with van der Waals surface area (Å²) in [4.78, 5) is 38.8. The van der Waals surface area contributed by atoms with Crippen LogP contribution in [0.2, 0.25) is 0 Å². The summed E-state index contributed by atoms with van der Waals surface area (Å²) in [5, 5.41) is 15.0. The summed E-state index contributed by atoms with van der Waals surface area (Å²) in [6, 6.07) is 13.0. The highest BCUT2D eigenvalue weighted by Gasteiger charge is 2.31. The van der Waals surface area contributed by atoms with Gasteiger partial charge in [-0.2, -0.15) is 0 Å². The summed E-state index contributed by atoms with van der Waals surface area (Å²) < 4.78 is 5.44. The van der Waals surface area contributed by atoms with Crippen LogP contribution in [0.15, 0.2) is 54.6 Å². The number of phenols is 1. The lowest BCUT2D eigenvalue weighted by molar-refractivity contribution is -0.150. The molecule has 0 aliphatic heterocycles. The van der Waals surface area contributed by atoms with Crippen LogP contribution in [0.1, 0.15) is 45.2 Å². The van der Waals surface area contributed by atoms with E-state index in [1.54, 1.807) is 26.0 Å². The van der Waals surface area contributed by atoms with Crippen molar-refractivity contribution in [3.8, 4) is 5.75 Å². The number of phenolic OH excluding ortho intramolecular Hbond substituents is 1. The monoisotopic (exact) mass is 483 g/mol. The van der Waals surface area contributed by atoms with Crippen molar-refractivity contribution in [1.82, 2.24) is 10.6 Å². The van der Waals surface area contributed by atoms with Gasteiger partial charge in [0.2, 0.25) is 11.8 Å². The molecule has 0 bridgehead atoms. The molecule has 3 atom stereocenters. The van der Waals surface area contributed by atoms with E-state index in [1.165, 1.54) is 12.1 Å². The molecule has 2 aromatic rings. The maximum atomic E-state index is 13.3. The molecule has 8 heteroatoms. The number of hydrogen-bond donors (Lipinski definition) is 4. The molecular formula is C27H37N3O5. The molecule has 0 saturated heterocycles. The first-order chi connectivity index (χ1) is 16.6. The van der Waals surface area contributed by atoms with Crippen molar-refractivity contribution in [2.24, 2.45) is 17.6 Å². The van der Waals surface area contributed by atoms with Gasteiger partial charge in [-0.3, -0.25) is 9.59 Å². The van der Waals surface area contributed by atoms with Crippen LogP contribution >= 0.6 is 0 Å². The molecule has 2 rings (SSSR count). The third-order valence-electron chi connectivity index (χ3n) is 5.51. The lowest BCUT2D eigenvalue weighted by Gasteiger charge is -2.26. The topological polar surface area (TPSA) is 131 Å². The number of rotatable bonds is 12. The first-order valence-corrected chi connectivity index (χ1v) is 11.9. The lowest BCUT2D eigenvalue weighted by Crippen LogP contribution is -2.56. The molecule has 0 aromatic heterocycles. The van der Waals surface area contributed by atoms with Gasteiger partial charge in [0.25, 0.3) is 0 Å². The van der Waals surface area contributed by atoms with E-state index in [0.29, 0.717) is 6.42 Å². The second-order valence-electron chi connectivity index (χ2n) is 9.49. The Kier molecular flexibility index (Phi) is 10.7. The number of nitrogens with two attached hydrogens (primary N) is 1. The number of esters is 1. The van der Waals surface area contributed by atoms with Gasteiger partial charge in [0, 0.05) is 6.42 Å². The highest BCUT2D eigenvalue weighted by atomic mass is 16.5. The van der Waals surface area contributed by atoms with Crippen LogP contribution in [0.5, 0.6) is 5.75 Å². The fourth-order valence-corrected chi connectivity index (χ4v) is 3.54. The van der Waals surface area contributed by atoms with Crippen LogP contribution < -0.4 is 16.4 Å². The Morgan fingerprint density at radius 3 is 2.09 bits per heavy atom. The largest absolute Gasteiger partial charge is 0.508 e. The Morgan fingerprint density at radius 2 is 1.51 bits per heavy atom. The van der Waals surface area contributed by atoms with E-state index in [2.05, 4.69) is 10.6 Å². The maximum absolute atomic E-state index is 13.3. The smallest absolute Gasteiger partial charge is 0.329 e. The first kappa shape index (κ1) is 27.9. The predicted molar refractivity (Wildman–Crippen MR) is 134 cm³/mol. The van der Waals surface area contributed by atoms with Gasteiger partial charge < -0.3 is 26.2 Å². The minimum Gasteiger partial charge on any atom is -0.508 e. The SMILES string of the molecule is CC(C)C[C@H](N)C(=O)N[C@@H](Cc1ccc(O)cc1)C(=O)N[C@H](C(=O)OCc1ccccc1)C(C)C. The Labute approximate surface area is 207 Å². The van der Waals surface area contributed by atoms with E-state index in [4.69, 9.17) is 10.5 Å². The molecule has 0 radical (unpaired) electrons. The van der Waals surface area contributed by atoms with Gasteiger partial charge in [-0.1, -0.05) is 70.2 Å². The number of hydrogen-bond acceptors (Lipinski definition) is 6. The summed E-state index contributed by atoms with van der Waals surface area (Å²) in [7, 11) is 0. The van der Waals surface area contributed by atoms with Crippen molar-refractivity contribution in [3.05, 3.63) is 65.7 Å². The summed E-state index contributed by atoms with van der Waals surface area (Å²) in [5.74, 6) is -1.44. The van der Waals surface area contributed by atoms with Crippen LogP contribution in [-0.2, 0) is 32.1 Å². The van der Waals surface area contributed by atoms with Crippen molar-refractivity contribution < 1.29 is 24.2 Å². The number of ether oxygens (including phenoxy) is 1. The number of amides is 2. The van der Waals surface area contributed by atoms with Crippen LogP contribution in [0.3, 0.4) is 0 Å². The van der Waals surface area contributed by atoms with Crippen molar-refractivity contribution in [2.75, 3.05) is 0 Å². The van der Waals surface area contributed by atoms with E-state index in [0.717, 1.165) is 11.1 Å². The van der Waals surface area contributed by atoms with Crippen LogP contribution in [-0.4, -0.2) is 41.0 Å². The minimum absolute atomic E-state index is 0.0937. The highest BCUT2D eigenvalue weighted by Crippen LogP contribution is 2.13. The van der Waals surface area contributed by atoms with Crippen molar-refractivity contribution in [3.63, 3.8) is 0 Å². The molecule has 8 nitrogen and oxygen atoms in total. The zero-order chi connectivity index (χ0) is 26.0. The average Bonchev–Trinajstić information content (AvgIpc) is 2.81. The number of benzene rings is 2. The van der Waals surface area contributed by atoms with Gasteiger partial charge in [-0.05, 0) is 41.5 Å². The molecule has 0 aliphatic carbocycles. The summed E-state index contributed by atoms with van der Waals surface area (Å²) in [6.45, 7) is 7.63. The molecule has 2 amide bonds. The molecule has 190 valence electrons.